The van der Waals surface area contributed by atoms with E-state index in [9.17, 15) is 4.79 Å². The Bertz CT molecular complexity index is 675. The number of hydrogen-bond acceptors (Lipinski definition) is 4. The van der Waals surface area contributed by atoms with Crippen molar-refractivity contribution in [2.75, 3.05) is 19.8 Å². The van der Waals surface area contributed by atoms with E-state index < -0.39 is 6.10 Å². The number of carbonyl (C=O) groups excluding carboxylic acids is 1. The van der Waals surface area contributed by atoms with E-state index in [1.807, 2.05) is 19.1 Å². The van der Waals surface area contributed by atoms with Crippen LogP contribution < -0.4 is 0 Å². The monoisotopic (exact) mass is 416 g/mol. The largest absolute Gasteiger partial charge is 0.394 e. The number of rotatable bonds is 10. The summed E-state index contributed by atoms with van der Waals surface area (Å²) in [5.74, 6) is 0. The molecule has 1 aliphatic rings. The van der Waals surface area contributed by atoms with Gasteiger partial charge in [0.2, 0.25) is 0 Å². The lowest BCUT2D eigenvalue weighted by atomic mass is 9.72. The summed E-state index contributed by atoms with van der Waals surface area (Å²) in [6.45, 7) is 14.7. The summed E-state index contributed by atoms with van der Waals surface area (Å²) >= 11 is 0. The maximum Gasteiger partial charge on any atom is 0.143 e. The van der Waals surface area contributed by atoms with Crippen LogP contribution >= 0.6 is 0 Å². The number of hydrogen-bond donors (Lipinski definition) is 2. The molecule has 0 aromatic rings. The van der Waals surface area contributed by atoms with Crippen LogP contribution in [0.5, 0.6) is 0 Å². The molecule has 0 saturated heterocycles. The first-order valence-corrected chi connectivity index (χ1v) is 10.5. The number of aldehydes is 1. The van der Waals surface area contributed by atoms with E-state index in [1.165, 1.54) is 36.0 Å². The molecule has 0 spiro atoms. The van der Waals surface area contributed by atoms with Crippen LogP contribution in [0.15, 0.2) is 71.4 Å². The predicted molar refractivity (Wildman–Crippen MR) is 126 cm³/mol. The minimum atomic E-state index is -0.759. The van der Waals surface area contributed by atoms with Crippen molar-refractivity contribution in [1.82, 2.24) is 0 Å². The average Bonchev–Trinajstić information content (AvgIpc) is 2.68. The Hall–Kier alpha value is -2.01. The van der Waals surface area contributed by atoms with E-state index in [4.69, 9.17) is 14.9 Å². The van der Waals surface area contributed by atoms with Crippen LogP contribution in [0.25, 0.3) is 0 Å². The summed E-state index contributed by atoms with van der Waals surface area (Å²) in [5, 5.41) is 17.0. The van der Waals surface area contributed by atoms with Crippen LogP contribution in [-0.2, 0) is 9.53 Å². The Labute approximate surface area is 183 Å². The van der Waals surface area contributed by atoms with Gasteiger partial charge < -0.3 is 14.9 Å². The van der Waals surface area contributed by atoms with Crippen LogP contribution in [0.3, 0.4) is 0 Å². The Morgan fingerprint density at radius 1 is 1.23 bits per heavy atom. The number of aliphatic hydroxyl groups excluding tert-OH is 2. The van der Waals surface area contributed by atoms with Gasteiger partial charge in [-0.05, 0) is 62.7 Å². The molecule has 4 nitrogen and oxygen atoms in total. The first kappa shape index (κ1) is 28.0. The Morgan fingerprint density at radius 3 is 2.47 bits per heavy atom. The van der Waals surface area contributed by atoms with E-state index in [0.29, 0.717) is 6.61 Å². The minimum absolute atomic E-state index is 0.169. The molecule has 2 N–H and O–H groups in total. The number of aliphatic hydroxyl groups is 2. The third kappa shape index (κ3) is 12.5. The normalized spacial score (nSPS) is 18.4. The van der Waals surface area contributed by atoms with E-state index in [2.05, 4.69) is 52.5 Å². The van der Waals surface area contributed by atoms with Gasteiger partial charge >= 0.3 is 0 Å². The summed E-state index contributed by atoms with van der Waals surface area (Å²) in [6.07, 6.45) is 17.5. The minimum Gasteiger partial charge on any atom is -0.394 e. The van der Waals surface area contributed by atoms with Crippen LogP contribution in [0.4, 0.5) is 0 Å². The molecule has 0 amide bonds. The fraction of sp³-hybridized carbons (Fsp3) is 0.500. The topological polar surface area (TPSA) is 66.8 Å². The van der Waals surface area contributed by atoms with Crippen molar-refractivity contribution < 1.29 is 19.7 Å². The lowest BCUT2D eigenvalue weighted by Gasteiger charge is -2.32. The second-order valence-electron chi connectivity index (χ2n) is 8.24. The van der Waals surface area contributed by atoms with Crippen molar-refractivity contribution in [3.8, 4) is 0 Å². The molecular weight excluding hydrogens is 376 g/mol. The van der Waals surface area contributed by atoms with Gasteiger partial charge in [0.05, 0.1) is 19.8 Å². The number of carbonyl (C=O) groups is 1. The molecule has 1 unspecified atom stereocenters. The molecule has 0 bridgehead atoms. The van der Waals surface area contributed by atoms with Crippen LogP contribution in [-0.4, -0.2) is 42.4 Å². The molecule has 30 heavy (non-hydrogen) atoms. The van der Waals surface area contributed by atoms with Crippen molar-refractivity contribution in [3.05, 3.63) is 71.4 Å². The van der Waals surface area contributed by atoms with E-state index in [-0.39, 0.29) is 18.6 Å². The highest BCUT2D eigenvalue weighted by atomic mass is 16.5. The summed E-state index contributed by atoms with van der Waals surface area (Å²) in [6, 6.07) is 0. The Kier molecular flexibility index (Phi) is 14.7. The molecule has 0 saturated carbocycles. The Morgan fingerprint density at radius 2 is 1.90 bits per heavy atom. The zero-order valence-electron chi connectivity index (χ0n) is 19.4. The summed E-state index contributed by atoms with van der Waals surface area (Å²) in [7, 11) is 0. The highest BCUT2D eigenvalue weighted by Gasteiger charge is 2.26. The maximum absolute atomic E-state index is 10.3. The molecule has 0 aliphatic heterocycles. The lowest BCUT2D eigenvalue weighted by Crippen LogP contribution is -2.19. The van der Waals surface area contributed by atoms with Gasteiger partial charge in [0, 0.05) is 0 Å². The van der Waals surface area contributed by atoms with Crippen LogP contribution in [0, 0.1) is 5.41 Å². The van der Waals surface area contributed by atoms with Crippen molar-refractivity contribution in [2.24, 2.45) is 5.41 Å². The molecule has 4 heteroatoms. The molecule has 0 heterocycles. The van der Waals surface area contributed by atoms with Gasteiger partial charge in [-0.15, -0.1) is 6.58 Å². The third-order valence-corrected chi connectivity index (χ3v) is 4.86. The summed E-state index contributed by atoms with van der Waals surface area (Å²) < 4.78 is 4.81. The smallest absolute Gasteiger partial charge is 0.143 e. The van der Waals surface area contributed by atoms with Crippen molar-refractivity contribution >= 4 is 6.29 Å². The molecule has 0 aromatic carbocycles. The second-order valence-corrected chi connectivity index (χ2v) is 8.24. The number of ether oxygens (including phenoxy) is 1. The molecule has 1 aliphatic carbocycles. The van der Waals surface area contributed by atoms with Crippen molar-refractivity contribution in [3.63, 3.8) is 0 Å². The molecule has 1 rings (SSSR count). The lowest BCUT2D eigenvalue weighted by molar-refractivity contribution is -0.104. The number of allylic oxidation sites excluding steroid dienone is 10. The van der Waals surface area contributed by atoms with Gasteiger partial charge in [0.15, 0.2) is 0 Å². The highest BCUT2D eigenvalue weighted by molar-refractivity contribution is 5.66. The SMILES string of the molecule is C=CCOCC(O)CO.CC(C=CC=C(C)C=CC1=C(C)CCCC1(C)C)=CC=O. The van der Waals surface area contributed by atoms with Crippen molar-refractivity contribution in [1.29, 1.82) is 0 Å². The van der Waals surface area contributed by atoms with Crippen molar-refractivity contribution in [2.45, 2.75) is 60.0 Å². The molecule has 1 atom stereocenters. The molecule has 0 fully saturated rings. The average molecular weight is 417 g/mol. The van der Waals surface area contributed by atoms with Gasteiger partial charge in [-0.3, -0.25) is 4.79 Å². The standard InChI is InChI=1S/C20H28O.C6H12O3/c1-16(8-6-9-17(2)13-15-21)11-12-19-18(3)10-7-14-20(19,4)5;1-2-3-9-5-6(8)4-7/h6,8-9,11-13,15H,7,10,14H2,1-5H3;2,6-8H,1,3-5H2. The van der Waals surface area contributed by atoms with Gasteiger partial charge in [0.1, 0.15) is 12.4 Å². The molecular formula is C26H40O4. The summed E-state index contributed by atoms with van der Waals surface area (Å²) in [5.41, 5.74) is 5.48. The Balaban J connectivity index is 0.000000787. The second kappa shape index (κ2) is 15.8. The maximum atomic E-state index is 10.3. The van der Waals surface area contributed by atoms with Gasteiger partial charge in [0.25, 0.3) is 0 Å². The van der Waals surface area contributed by atoms with Gasteiger partial charge in [-0.1, -0.05) is 61.4 Å². The molecule has 168 valence electrons. The van der Waals surface area contributed by atoms with E-state index in [0.717, 1.165) is 11.9 Å². The fourth-order valence-corrected chi connectivity index (χ4v) is 3.14. The highest BCUT2D eigenvalue weighted by Crippen LogP contribution is 2.40. The molecule has 0 aromatic heterocycles. The first-order chi connectivity index (χ1) is 14.2. The van der Waals surface area contributed by atoms with E-state index in [1.54, 1.807) is 12.2 Å². The van der Waals surface area contributed by atoms with E-state index >= 15 is 0 Å². The van der Waals surface area contributed by atoms with Gasteiger partial charge in [-0.2, -0.15) is 0 Å². The van der Waals surface area contributed by atoms with Gasteiger partial charge in [-0.25, -0.2) is 0 Å². The first-order valence-electron chi connectivity index (χ1n) is 10.5. The fourth-order valence-electron chi connectivity index (χ4n) is 3.14. The molecule has 0 radical (unpaired) electrons. The quantitative estimate of drug-likeness (QED) is 0.168. The summed E-state index contributed by atoms with van der Waals surface area (Å²) in [4.78, 5) is 10.3. The predicted octanol–water partition coefficient (Wildman–Crippen LogP) is 5.26. The zero-order chi connectivity index (χ0) is 23.0. The third-order valence-electron chi connectivity index (χ3n) is 4.86. The van der Waals surface area contributed by atoms with Crippen LogP contribution in [0.2, 0.25) is 0 Å². The van der Waals surface area contributed by atoms with Crippen LogP contribution in [0.1, 0.15) is 53.9 Å². The zero-order valence-corrected chi connectivity index (χ0v) is 19.4.